The van der Waals surface area contributed by atoms with Crippen molar-refractivity contribution in [3.8, 4) is 0 Å². The SMILES string of the molecule is CC1(C)C=Cc2ccc3c(c2C=C1)C=[N+]=C3. The van der Waals surface area contributed by atoms with Crippen molar-refractivity contribution in [2.45, 2.75) is 13.8 Å². The Balaban J connectivity index is 2.25. The second-order valence-electron chi connectivity index (χ2n) is 4.97. The lowest BCUT2D eigenvalue weighted by Gasteiger charge is -2.12. The van der Waals surface area contributed by atoms with E-state index in [1.165, 1.54) is 22.3 Å². The summed E-state index contributed by atoms with van der Waals surface area (Å²) in [5, 5.41) is 0. The molecule has 1 heteroatoms. The van der Waals surface area contributed by atoms with Crippen molar-refractivity contribution in [3.63, 3.8) is 0 Å². The Hall–Kier alpha value is -1.85. The van der Waals surface area contributed by atoms with Gasteiger partial charge < -0.3 is 0 Å². The Bertz CT molecular complexity index is 580. The maximum Gasteiger partial charge on any atom is 0.301 e. The van der Waals surface area contributed by atoms with Crippen molar-refractivity contribution in [2.75, 3.05) is 0 Å². The zero-order valence-corrected chi connectivity index (χ0v) is 9.57. The van der Waals surface area contributed by atoms with Gasteiger partial charge in [-0.3, -0.25) is 0 Å². The van der Waals surface area contributed by atoms with E-state index in [0.29, 0.717) is 0 Å². The van der Waals surface area contributed by atoms with Gasteiger partial charge in [-0.1, -0.05) is 48.9 Å². The molecule has 78 valence electrons. The number of allylic oxidation sites excluding steroid dienone is 2. The van der Waals surface area contributed by atoms with Gasteiger partial charge in [-0.15, -0.1) is 0 Å². The first kappa shape index (κ1) is 9.38. The van der Waals surface area contributed by atoms with Gasteiger partial charge in [0.1, 0.15) is 0 Å². The van der Waals surface area contributed by atoms with E-state index in [-0.39, 0.29) is 5.41 Å². The van der Waals surface area contributed by atoms with Gasteiger partial charge in [0.15, 0.2) is 0 Å². The average Bonchev–Trinajstić information content (AvgIpc) is 2.66. The number of hydrogen-bond acceptors (Lipinski definition) is 0. The summed E-state index contributed by atoms with van der Waals surface area (Å²) >= 11 is 0. The molecule has 1 aliphatic carbocycles. The molecule has 16 heavy (non-hydrogen) atoms. The van der Waals surface area contributed by atoms with Gasteiger partial charge in [0.2, 0.25) is 0 Å². The summed E-state index contributed by atoms with van der Waals surface area (Å²) in [6, 6.07) is 4.30. The molecule has 0 radical (unpaired) electrons. The Morgan fingerprint density at radius 1 is 0.875 bits per heavy atom. The lowest BCUT2D eigenvalue weighted by atomic mass is 9.93. The molecule has 0 N–H and O–H groups in total. The second-order valence-corrected chi connectivity index (χ2v) is 4.97. The summed E-state index contributed by atoms with van der Waals surface area (Å²) in [5.74, 6) is 0. The molecule has 1 aromatic carbocycles. The third kappa shape index (κ3) is 1.37. The fraction of sp³-hybridized carbons (Fsp3) is 0.200. The standard InChI is InChI=1S/C15H14N/c1-15(2)7-5-11-3-4-12-9-16-10-14(12)13(11)6-8-15/h3-10H,1-2H3/q+1. The molecule has 2 aliphatic rings. The molecular weight excluding hydrogens is 194 g/mol. The smallest absolute Gasteiger partial charge is 0.0995 e. The van der Waals surface area contributed by atoms with E-state index in [0.717, 1.165) is 0 Å². The molecule has 0 unspecified atom stereocenters. The van der Waals surface area contributed by atoms with Gasteiger partial charge in [0, 0.05) is 5.41 Å². The van der Waals surface area contributed by atoms with Crippen LogP contribution in [0.1, 0.15) is 36.1 Å². The molecule has 1 aromatic rings. The zero-order chi connectivity index (χ0) is 11.2. The number of nitrogens with zero attached hydrogens (tertiary/aromatic N) is 1. The summed E-state index contributed by atoms with van der Waals surface area (Å²) in [5.41, 5.74) is 5.16. The topological polar surface area (TPSA) is 14.1 Å². The molecule has 0 saturated carbocycles. The minimum Gasteiger partial charge on any atom is -0.0995 e. The van der Waals surface area contributed by atoms with Gasteiger partial charge in [-0.05, 0) is 17.2 Å². The van der Waals surface area contributed by atoms with Gasteiger partial charge in [0.25, 0.3) is 0 Å². The van der Waals surface area contributed by atoms with E-state index in [1.807, 2.05) is 12.4 Å². The van der Waals surface area contributed by atoms with Crippen LogP contribution in [0.5, 0.6) is 0 Å². The molecule has 0 amide bonds. The zero-order valence-electron chi connectivity index (χ0n) is 9.57. The van der Waals surface area contributed by atoms with Crippen molar-refractivity contribution in [3.05, 3.63) is 46.5 Å². The molecular formula is C15H14N+. The predicted octanol–water partition coefficient (Wildman–Crippen LogP) is 2.67. The van der Waals surface area contributed by atoms with Crippen LogP contribution in [0.25, 0.3) is 12.2 Å². The summed E-state index contributed by atoms with van der Waals surface area (Å²) in [7, 11) is 0. The van der Waals surface area contributed by atoms with Crippen LogP contribution in [0.2, 0.25) is 0 Å². The van der Waals surface area contributed by atoms with E-state index < -0.39 is 0 Å². The maximum atomic E-state index is 4.22. The monoisotopic (exact) mass is 208 g/mol. The molecule has 1 aliphatic heterocycles. The van der Waals surface area contributed by atoms with E-state index >= 15 is 0 Å². The third-order valence-electron chi connectivity index (χ3n) is 3.14. The van der Waals surface area contributed by atoms with Gasteiger partial charge >= 0.3 is 12.4 Å². The maximum absolute atomic E-state index is 4.22. The van der Waals surface area contributed by atoms with E-state index in [9.17, 15) is 0 Å². The Kier molecular flexibility index (Phi) is 1.80. The third-order valence-corrected chi connectivity index (χ3v) is 3.14. The van der Waals surface area contributed by atoms with Gasteiger partial charge in [-0.25, -0.2) is 0 Å². The Morgan fingerprint density at radius 2 is 1.62 bits per heavy atom. The number of fused-ring (bicyclic) bond motifs is 3. The molecule has 1 heterocycles. The highest BCUT2D eigenvalue weighted by molar-refractivity contribution is 6.04. The van der Waals surface area contributed by atoms with Crippen molar-refractivity contribution in [2.24, 2.45) is 5.41 Å². The normalized spacial score (nSPS) is 18.4. The fourth-order valence-electron chi connectivity index (χ4n) is 2.11. The molecule has 0 spiro atoms. The van der Waals surface area contributed by atoms with Crippen molar-refractivity contribution in [1.29, 1.82) is 0 Å². The quantitative estimate of drug-likeness (QED) is 0.591. The number of benzene rings is 1. The van der Waals surface area contributed by atoms with Crippen molar-refractivity contribution < 1.29 is 0 Å². The number of hydrogen-bond donors (Lipinski definition) is 0. The fourth-order valence-corrected chi connectivity index (χ4v) is 2.11. The first-order valence-corrected chi connectivity index (χ1v) is 5.58. The minimum absolute atomic E-state index is 0.130. The summed E-state index contributed by atoms with van der Waals surface area (Å²) in [4.78, 5) is 0. The average molecular weight is 208 g/mol. The van der Waals surface area contributed by atoms with Crippen LogP contribution in [0.3, 0.4) is 0 Å². The largest absolute Gasteiger partial charge is 0.301 e. The Labute approximate surface area is 95.6 Å². The van der Waals surface area contributed by atoms with Crippen LogP contribution in [-0.2, 0) is 0 Å². The first-order chi connectivity index (χ1) is 7.66. The van der Waals surface area contributed by atoms with Crippen LogP contribution >= 0.6 is 0 Å². The van der Waals surface area contributed by atoms with Crippen LogP contribution in [0, 0.1) is 5.41 Å². The lowest BCUT2D eigenvalue weighted by Crippen LogP contribution is -2.00. The highest BCUT2D eigenvalue weighted by Gasteiger charge is 2.20. The first-order valence-electron chi connectivity index (χ1n) is 5.58. The van der Waals surface area contributed by atoms with Crippen LogP contribution in [0.15, 0.2) is 24.3 Å². The van der Waals surface area contributed by atoms with Crippen LogP contribution in [-0.4, -0.2) is 12.4 Å². The summed E-state index contributed by atoms with van der Waals surface area (Å²) in [6.07, 6.45) is 12.8. The Morgan fingerprint density at radius 3 is 2.50 bits per heavy atom. The highest BCUT2D eigenvalue weighted by Crippen LogP contribution is 2.30. The van der Waals surface area contributed by atoms with E-state index in [2.05, 4.69) is 55.0 Å². The summed E-state index contributed by atoms with van der Waals surface area (Å²) < 4.78 is 4.22. The second kappa shape index (κ2) is 3.07. The van der Waals surface area contributed by atoms with Crippen LogP contribution in [0.4, 0.5) is 0 Å². The van der Waals surface area contributed by atoms with Crippen molar-refractivity contribution >= 4 is 24.6 Å². The summed E-state index contributed by atoms with van der Waals surface area (Å²) in [6.45, 7) is 4.43. The predicted molar refractivity (Wildman–Crippen MR) is 70.8 cm³/mol. The van der Waals surface area contributed by atoms with E-state index in [1.54, 1.807) is 0 Å². The van der Waals surface area contributed by atoms with Crippen molar-refractivity contribution in [1.82, 2.24) is 4.67 Å². The van der Waals surface area contributed by atoms with Crippen LogP contribution < -0.4 is 4.67 Å². The molecule has 0 saturated heterocycles. The molecule has 0 atom stereocenters. The molecule has 0 bridgehead atoms. The molecule has 0 aromatic heterocycles. The minimum atomic E-state index is 0.130. The van der Waals surface area contributed by atoms with Gasteiger partial charge in [0.05, 0.1) is 11.1 Å². The van der Waals surface area contributed by atoms with Gasteiger partial charge in [-0.2, -0.15) is 0 Å². The van der Waals surface area contributed by atoms with E-state index in [4.69, 9.17) is 0 Å². The highest BCUT2D eigenvalue weighted by atomic mass is 14.6. The molecule has 0 fully saturated rings. The molecule has 1 nitrogen and oxygen atoms in total. The number of rotatable bonds is 0. The molecule has 3 rings (SSSR count). The lowest BCUT2D eigenvalue weighted by molar-refractivity contribution is 0.633.